The summed E-state index contributed by atoms with van der Waals surface area (Å²) in [7, 11) is 0. The molecular formula is C46H29N5O. The average Bonchev–Trinajstić information content (AvgIpc) is 3.81. The van der Waals surface area contributed by atoms with E-state index in [1.54, 1.807) is 0 Å². The van der Waals surface area contributed by atoms with Crippen molar-refractivity contribution in [1.82, 2.24) is 24.5 Å². The number of nitrogens with zero attached hydrogens (tertiary/aromatic N) is 5. The largest absolute Gasteiger partial charge is 0.455 e. The fourth-order valence-electron chi connectivity index (χ4n) is 7.07. The topological polar surface area (TPSA) is 69.6 Å². The monoisotopic (exact) mass is 667 g/mol. The van der Waals surface area contributed by atoms with E-state index in [1.807, 2.05) is 84.9 Å². The van der Waals surface area contributed by atoms with Gasteiger partial charge < -0.3 is 4.42 Å². The van der Waals surface area contributed by atoms with Crippen molar-refractivity contribution >= 4 is 33.0 Å². The molecule has 0 aliphatic carbocycles. The fraction of sp³-hybridized carbons (Fsp3) is 0. The Balaban J connectivity index is 1.19. The van der Waals surface area contributed by atoms with Crippen LogP contribution in [-0.4, -0.2) is 24.5 Å². The van der Waals surface area contributed by atoms with Crippen LogP contribution in [0.15, 0.2) is 180 Å². The van der Waals surface area contributed by atoms with Gasteiger partial charge in [0.25, 0.3) is 0 Å². The highest BCUT2D eigenvalue weighted by atomic mass is 16.3. The third kappa shape index (κ3) is 5.05. The van der Waals surface area contributed by atoms with E-state index in [1.165, 1.54) is 0 Å². The zero-order valence-corrected chi connectivity index (χ0v) is 27.9. The average molecular weight is 668 g/mol. The lowest BCUT2D eigenvalue weighted by atomic mass is 10.0. The highest BCUT2D eigenvalue weighted by molar-refractivity contribution is 6.15. The third-order valence-electron chi connectivity index (χ3n) is 9.47. The van der Waals surface area contributed by atoms with Gasteiger partial charge in [0.15, 0.2) is 17.5 Å². The van der Waals surface area contributed by atoms with Gasteiger partial charge in [-0.15, -0.1) is 0 Å². The van der Waals surface area contributed by atoms with Crippen LogP contribution < -0.4 is 0 Å². The zero-order chi connectivity index (χ0) is 34.4. The quantitative estimate of drug-likeness (QED) is 0.176. The van der Waals surface area contributed by atoms with Gasteiger partial charge in [-0.2, -0.15) is 0 Å². The molecule has 0 N–H and O–H groups in total. The number of rotatable bonds is 6. The Morgan fingerprint density at radius 1 is 0.423 bits per heavy atom. The highest BCUT2D eigenvalue weighted by Crippen LogP contribution is 2.41. The molecule has 7 aromatic carbocycles. The second-order valence-corrected chi connectivity index (χ2v) is 12.7. The van der Waals surface area contributed by atoms with Crippen molar-refractivity contribution in [2.45, 2.75) is 0 Å². The standard InChI is InChI=1S/C46H29N5O/c1-4-15-30(16-5-1)32-19-12-20-33(29-32)44-48-43(31-17-6-2-7-18-31)49-45(50-44)36-24-14-28-40-41(36)35-23-13-25-37(42(35)52-40)46-47-38-26-10-11-27-39(38)51(46)34-21-8-3-9-22-34/h1-29H. The van der Waals surface area contributed by atoms with Gasteiger partial charge in [0, 0.05) is 33.2 Å². The first-order valence-corrected chi connectivity index (χ1v) is 17.2. The minimum atomic E-state index is 0.573. The van der Waals surface area contributed by atoms with Gasteiger partial charge in [0.05, 0.1) is 16.6 Å². The predicted octanol–water partition coefficient (Wildman–Crippen LogP) is 11.4. The molecule has 3 aromatic heterocycles. The summed E-state index contributed by atoms with van der Waals surface area (Å²) in [5.74, 6) is 2.59. The van der Waals surface area contributed by atoms with Gasteiger partial charge >= 0.3 is 0 Å². The Kier molecular flexibility index (Phi) is 7.03. The second-order valence-electron chi connectivity index (χ2n) is 12.7. The maximum atomic E-state index is 6.76. The maximum Gasteiger partial charge on any atom is 0.164 e. The Bertz CT molecular complexity index is 2900. The Labute approximate surface area is 299 Å². The summed E-state index contributed by atoms with van der Waals surface area (Å²) in [6, 6.07) is 59.7. The molecule has 6 nitrogen and oxygen atoms in total. The first-order chi connectivity index (χ1) is 25.8. The van der Waals surface area contributed by atoms with Crippen LogP contribution in [0.4, 0.5) is 0 Å². The summed E-state index contributed by atoms with van der Waals surface area (Å²) in [6.45, 7) is 0. The number of para-hydroxylation sites is 4. The Morgan fingerprint density at radius 3 is 1.83 bits per heavy atom. The molecule has 10 rings (SSSR count). The molecular weight excluding hydrogens is 639 g/mol. The number of hydrogen-bond acceptors (Lipinski definition) is 5. The number of imidazole rings is 1. The molecule has 0 atom stereocenters. The molecule has 0 radical (unpaired) electrons. The van der Waals surface area contributed by atoms with E-state index in [9.17, 15) is 0 Å². The van der Waals surface area contributed by atoms with E-state index in [2.05, 4.69) is 95.6 Å². The zero-order valence-electron chi connectivity index (χ0n) is 27.9. The molecule has 0 saturated carbocycles. The van der Waals surface area contributed by atoms with Crippen LogP contribution in [0, 0.1) is 0 Å². The van der Waals surface area contributed by atoms with Crippen molar-refractivity contribution in [1.29, 1.82) is 0 Å². The molecule has 52 heavy (non-hydrogen) atoms. The molecule has 0 aliphatic rings. The molecule has 10 aromatic rings. The second kappa shape index (κ2) is 12.3. The van der Waals surface area contributed by atoms with Crippen molar-refractivity contribution < 1.29 is 4.42 Å². The van der Waals surface area contributed by atoms with Crippen LogP contribution in [0.2, 0.25) is 0 Å². The van der Waals surface area contributed by atoms with Crippen LogP contribution in [-0.2, 0) is 0 Å². The summed E-state index contributed by atoms with van der Waals surface area (Å²) in [4.78, 5) is 20.4. The SMILES string of the molecule is c1ccc(-c2cccc(-c3nc(-c4ccccc4)nc(-c4cccc5oc6c(-c7nc8ccccc8n7-c7ccccc7)cccc6c45)n3)c2)cc1. The molecule has 0 aliphatic heterocycles. The molecule has 0 saturated heterocycles. The molecule has 0 fully saturated rings. The minimum Gasteiger partial charge on any atom is -0.455 e. The van der Waals surface area contributed by atoms with Crippen molar-refractivity contribution in [3.63, 3.8) is 0 Å². The van der Waals surface area contributed by atoms with Gasteiger partial charge in [-0.05, 0) is 53.6 Å². The Hall–Kier alpha value is -7.18. The summed E-state index contributed by atoms with van der Waals surface area (Å²) in [6.07, 6.45) is 0. The normalized spacial score (nSPS) is 11.5. The summed E-state index contributed by atoms with van der Waals surface area (Å²) in [5.41, 5.74) is 10.3. The molecule has 0 unspecified atom stereocenters. The maximum absolute atomic E-state index is 6.76. The molecule has 244 valence electrons. The first kappa shape index (κ1) is 29.7. The fourth-order valence-corrected chi connectivity index (χ4v) is 7.07. The van der Waals surface area contributed by atoms with Gasteiger partial charge in [-0.3, -0.25) is 4.57 Å². The molecule has 0 bridgehead atoms. The van der Waals surface area contributed by atoms with Crippen molar-refractivity contribution in [3.8, 4) is 62.4 Å². The smallest absolute Gasteiger partial charge is 0.164 e. The van der Waals surface area contributed by atoms with E-state index < -0.39 is 0 Å². The molecule has 6 heteroatoms. The Morgan fingerprint density at radius 2 is 1.02 bits per heavy atom. The van der Waals surface area contributed by atoms with Crippen LogP contribution in [0.25, 0.3) is 95.3 Å². The van der Waals surface area contributed by atoms with Crippen molar-refractivity contribution in [2.75, 3.05) is 0 Å². The van der Waals surface area contributed by atoms with E-state index in [-0.39, 0.29) is 0 Å². The lowest BCUT2D eigenvalue weighted by Gasteiger charge is -2.10. The molecule has 3 heterocycles. The van der Waals surface area contributed by atoms with Gasteiger partial charge in [0.2, 0.25) is 0 Å². The molecule has 0 amide bonds. The number of aromatic nitrogens is 5. The van der Waals surface area contributed by atoms with Crippen LogP contribution in [0.5, 0.6) is 0 Å². The minimum absolute atomic E-state index is 0.573. The lowest BCUT2D eigenvalue weighted by molar-refractivity contribution is 0.669. The van der Waals surface area contributed by atoms with Gasteiger partial charge in [0.1, 0.15) is 17.0 Å². The number of fused-ring (bicyclic) bond motifs is 4. The summed E-state index contributed by atoms with van der Waals surface area (Å²) in [5, 5.41) is 1.90. The van der Waals surface area contributed by atoms with Crippen LogP contribution in [0.3, 0.4) is 0 Å². The first-order valence-electron chi connectivity index (χ1n) is 17.2. The van der Waals surface area contributed by atoms with Crippen molar-refractivity contribution in [2.24, 2.45) is 0 Å². The highest BCUT2D eigenvalue weighted by Gasteiger charge is 2.22. The number of benzene rings is 7. The van der Waals surface area contributed by atoms with E-state index >= 15 is 0 Å². The third-order valence-corrected chi connectivity index (χ3v) is 9.47. The predicted molar refractivity (Wildman–Crippen MR) is 209 cm³/mol. The number of hydrogen-bond donors (Lipinski definition) is 0. The van der Waals surface area contributed by atoms with E-state index in [4.69, 9.17) is 24.4 Å². The lowest BCUT2D eigenvalue weighted by Crippen LogP contribution is -2.00. The number of furan rings is 1. The van der Waals surface area contributed by atoms with Gasteiger partial charge in [-0.1, -0.05) is 133 Å². The van der Waals surface area contributed by atoms with Gasteiger partial charge in [-0.25, -0.2) is 19.9 Å². The van der Waals surface area contributed by atoms with Crippen LogP contribution >= 0.6 is 0 Å². The summed E-state index contributed by atoms with van der Waals surface area (Å²) >= 11 is 0. The van der Waals surface area contributed by atoms with Crippen molar-refractivity contribution in [3.05, 3.63) is 176 Å². The van der Waals surface area contributed by atoms with E-state index in [0.29, 0.717) is 17.5 Å². The summed E-state index contributed by atoms with van der Waals surface area (Å²) < 4.78 is 8.96. The molecule has 0 spiro atoms. The van der Waals surface area contributed by atoms with E-state index in [0.717, 1.165) is 77.9 Å². The van der Waals surface area contributed by atoms with Crippen LogP contribution in [0.1, 0.15) is 0 Å².